The van der Waals surface area contributed by atoms with Crippen molar-refractivity contribution in [2.45, 2.75) is 6.61 Å². The molecule has 0 aromatic heterocycles. The molecular weight excluding hydrogens is 303 g/mol. The number of halogens is 1. The number of benzene rings is 2. The first-order chi connectivity index (χ1) is 11.1. The lowest BCUT2D eigenvalue weighted by Gasteiger charge is -2.11. The molecule has 0 spiro atoms. The Balaban J connectivity index is 2.11. The minimum Gasteiger partial charge on any atom is -0.497 e. The van der Waals surface area contributed by atoms with Crippen LogP contribution in [0.4, 0.5) is 4.39 Å². The number of rotatable bonds is 6. The Labute approximate surface area is 133 Å². The largest absolute Gasteiger partial charge is 0.497 e. The third-order valence-corrected chi connectivity index (χ3v) is 3.23. The number of hydrogen-bond acceptors (Lipinski definition) is 5. The molecule has 6 heteroatoms. The second-order valence-electron chi connectivity index (χ2n) is 4.60. The van der Waals surface area contributed by atoms with Crippen LogP contribution in [0.15, 0.2) is 36.4 Å². The molecule has 0 unspecified atom stereocenters. The lowest BCUT2D eigenvalue weighted by Crippen LogP contribution is -2.07. The first kappa shape index (κ1) is 16.6. The molecule has 0 aliphatic heterocycles. The zero-order chi connectivity index (χ0) is 16.8. The molecule has 2 aromatic carbocycles. The first-order valence-electron chi connectivity index (χ1n) is 6.80. The Bertz CT molecular complexity index is 699. The summed E-state index contributed by atoms with van der Waals surface area (Å²) in [5, 5.41) is 0. The summed E-state index contributed by atoms with van der Waals surface area (Å²) in [6.45, 7) is -0.0210. The molecule has 0 radical (unpaired) electrons. The van der Waals surface area contributed by atoms with Crippen LogP contribution in [0.1, 0.15) is 15.9 Å². The van der Waals surface area contributed by atoms with Gasteiger partial charge in [0, 0.05) is 5.56 Å². The molecule has 0 atom stereocenters. The van der Waals surface area contributed by atoms with E-state index in [1.165, 1.54) is 33.5 Å². The number of methoxy groups -OCH3 is 3. The lowest BCUT2D eigenvalue weighted by molar-refractivity contribution is 0.0469. The predicted molar refractivity (Wildman–Crippen MR) is 81.6 cm³/mol. The predicted octanol–water partition coefficient (Wildman–Crippen LogP) is 3.21. The van der Waals surface area contributed by atoms with Crippen molar-refractivity contribution in [3.05, 3.63) is 53.3 Å². The van der Waals surface area contributed by atoms with Crippen molar-refractivity contribution >= 4 is 5.97 Å². The molecule has 0 N–H and O–H groups in total. The highest BCUT2D eigenvalue weighted by molar-refractivity contribution is 5.89. The minimum atomic E-state index is -0.642. The summed E-state index contributed by atoms with van der Waals surface area (Å²) in [6, 6.07) is 9.05. The molecule has 0 saturated carbocycles. The van der Waals surface area contributed by atoms with Crippen molar-refractivity contribution in [2.24, 2.45) is 0 Å². The highest BCUT2D eigenvalue weighted by Gasteiger charge is 2.13. The molecule has 0 aliphatic rings. The Morgan fingerprint density at radius 2 is 1.65 bits per heavy atom. The van der Waals surface area contributed by atoms with Crippen LogP contribution in [0.25, 0.3) is 0 Å². The molecule has 122 valence electrons. The molecule has 2 aromatic rings. The second-order valence-corrected chi connectivity index (χ2v) is 4.60. The van der Waals surface area contributed by atoms with Crippen LogP contribution >= 0.6 is 0 Å². The summed E-state index contributed by atoms with van der Waals surface area (Å²) < 4.78 is 34.0. The topological polar surface area (TPSA) is 54.0 Å². The summed E-state index contributed by atoms with van der Waals surface area (Å²) in [7, 11) is 4.41. The minimum absolute atomic E-state index is 0.0210. The van der Waals surface area contributed by atoms with Gasteiger partial charge in [0.05, 0.1) is 26.9 Å². The van der Waals surface area contributed by atoms with E-state index in [0.717, 1.165) is 6.07 Å². The average molecular weight is 320 g/mol. The van der Waals surface area contributed by atoms with Gasteiger partial charge in [-0.05, 0) is 36.4 Å². The Kier molecular flexibility index (Phi) is 5.41. The van der Waals surface area contributed by atoms with Crippen LogP contribution in [-0.4, -0.2) is 27.3 Å². The molecule has 0 amide bonds. The fourth-order valence-electron chi connectivity index (χ4n) is 2.01. The molecular formula is C17H17FO5. The van der Waals surface area contributed by atoms with Gasteiger partial charge in [-0.15, -0.1) is 0 Å². The monoisotopic (exact) mass is 320 g/mol. The van der Waals surface area contributed by atoms with E-state index in [1.54, 1.807) is 18.2 Å². The van der Waals surface area contributed by atoms with E-state index >= 15 is 0 Å². The molecule has 5 nitrogen and oxygen atoms in total. The standard InChI is InChI=1S/C17H17FO5/c1-20-13-5-7-15(21-2)12(8-13)10-23-17(19)11-4-6-16(22-3)14(18)9-11/h4-9H,10H2,1-3H3. The highest BCUT2D eigenvalue weighted by Crippen LogP contribution is 2.25. The van der Waals surface area contributed by atoms with Crippen LogP contribution in [0.5, 0.6) is 17.2 Å². The van der Waals surface area contributed by atoms with E-state index in [-0.39, 0.29) is 17.9 Å². The van der Waals surface area contributed by atoms with E-state index < -0.39 is 11.8 Å². The van der Waals surface area contributed by atoms with Crippen molar-refractivity contribution in [3.63, 3.8) is 0 Å². The molecule has 0 heterocycles. The number of hydrogen-bond donors (Lipinski definition) is 0. The zero-order valence-electron chi connectivity index (χ0n) is 13.1. The van der Waals surface area contributed by atoms with Gasteiger partial charge in [-0.3, -0.25) is 0 Å². The van der Waals surface area contributed by atoms with Gasteiger partial charge in [0.2, 0.25) is 0 Å². The van der Waals surface area contributed by atoms with Gasteiger partial charge in [0.1, 0.15) is 18.1 Å². The molecule has 0 fully saturated rings. The van der Waals surface area contributed by atoms with Crippen molar-refractivity contribution < 1.29 is 28.1 Å². The molecule has 23 heavy (non-hydrogen) atoms. The van der Waals surface area contributed by atoms with Gasteiger partial charge in [-0.25, -0.2) is 9.18 Å². The maximum absolute atomic E-state index is 13.6. The Hall–Kier alpha value is -2.76. The maximum atomic E-state index is 13.6. The summed E-state index contributed by atoms with van der Waals surface area (Å²) in [6.07, 6.45) is 0. The van der Waals surface area contributed by atoms with Gasteiger partial charge in [-0.2, -0.15) is 0 Å². The van der Waals surface area contributed by atoms with E-state index in [9.17, 15) is 9.18 Å². The number of esters is 1. The maximum Gasteiger partial charge on any atom is 0.338 e. The number of carbonyl (C=O) groups is 1. The molecule has 2 rings (SSSR count). The van der Waals surface area contributed by atoms with E-state index in [2.05, 4.69) is 0 Å². The first-order valence-corrected chi connectivity index (χ1v) is 6.80. The third kappa shape index (κ3) is 3.91. The van der Waals surface area contributed by atoms with E-state index in [1.807, 2.05) is 0 Å². The molecule has 0 aliphatic carbocycles. The van der Waals surface area contributed by atoms with Gasteiger partial charge < -0.3 is 18.9 Å². The summed E-state index contributed by atoms with van der Waals surface area (Å²) in [5.74, 6) is -0.0137. The molecule has 0 saturated heterocycles. The van der Waals surface area contributed by atoms with Crippen LogP contribution in [-0.2, 0) is 11.3 Å². The van der Waals surface area contributed by atoms with Crippen molar-refractivity contribution in [2.75, 3.05) is 21.3 Å². The van der Waals surface area contributed by atoms with Gasteiger partial charge in [-0.1, -0.05) is 0 Å². The van der Waals surface area contributed by atoms with Crippen molar-refractivity contribution in [1.82, 2.24) is 0 Å². The SMILES string of the molecule is COc1ccc(OC)c(COC(=O)c2ccc(OC)c(F)c2)c1. The third-order valence-electron chi connectivity index (χ3n) is 3.23. The van der Waals surface area contributed by atoms with Gasteiger partial charge in [0.15, 0.2) is 11.6 Å². The highest BCUT2D eigenvalue weighted by atomic mass is 19.1. The smallest absolute Gasteiger partial charge is 0.338 e. The van der Waals surface area contributed by atoms with Crippen LogP contribution in [0, 0.1) is 5.82 Å². The van der Waals surface area contributed by atoms with E-state index in [0.29, 0.717) is 17.1 Å². The fraction of sp³-hybridized carbons (Fsp3) is 0.235. The van der Waals surface area contributed by atoms with Crippen LogP contribution in [0.2, 0.25) is 0 Å². The van der Waals surface area contributed by atoms with Crippen molar-refractivity contribution in [1.29, 1.82) is 0 Å². The Morgan fingerprint density at radius 3 is 2.26 bits per heavy atom. The van der Waals surface area contributed by atoms with Gasteiger partial charge >= 0.3 is 5.97 Å². The molecule has 0 bridgehead atoms. The lowest BCUT2D eigenvalue weighted by atomic mass is 10.2. The van der Waals surface area contributed by atoms with Gasteiger partial charge in [0.25, 0.3) is 0 Å². The second kappa shape index (κ2) is 7.49. The average Bonchev–Trinajstić information content (AvgIpc) is 2.59. The quantitative estimate of drug-likeness (QED) is 0.765. The Morgan fingerprint density at radius 1 is 0.957 bits per heavy atom. The van der Waals surface area contributed by atoms with E-state index in [4.69, 9.17) is 18.9 Å². The van der Waals surface area contributed by atoms with Crippen LogP contribution < -0.4 is 14.2 Å². The summed E-state index contributed by atoms with van der Waals surface area (Å²) >= 11 is 0. The normalized spacial score (nSPS) is 10.1. The summed E-state index contributed by atoms with van der Waals surface area (Å²) in [5.41, 5.74) is 0.749. The number of ether oxygens (including phenoxy) is 4. The fourth-order valence-corrected chi connectivity index (χ4v) is 2.01. The zero-order valence-corrected chi connectivity index (χ0v) is 13.1. The number of carbonyl (C=O) groups excluding carboxylic acids is 1. The van der Waals surface area contributed by atoms with Crippen molar-refractivity contribution in [3.8, 4) is 17.2 Å². The van der Waals surface area contributed by atoms with Crippen LogP contribution in [0.3, 0.4) is 0 Å². The summed E-state index contributed by atoms with van der Waals surface area (Å²) in [4.78, 5) is 12.0.